The highest BCUT2D eigenvalue weighted by Crippen LogP contribution is 2.37. The molecule has 0 aromatic carbocycles. The number of pyridine rings is 1. The molecule has 0 aliphatic carbocycles. The summed E-state index contributed by atoms with van der Waals surface area (Å²) < 4.78 is 41.6. The fourth-order valence-corrected chi connectivity index (χ4v) is 4.00. The fraction of sp³-hybridized carbons (Fsp3) is 0.364. The Morgan fingerprint density at radius 2 is 2.00 bits per heavy atom. The van der Waals surface area contributed by atoms with Crippen LogP contribution in [0.3, 0.4) is 0 Å². The highest BCUT2D eigenvalue weighted by Gasteiger charge is 2.38. The number of hydrogen-bond acceptors (Lipinski definition) is 4. The molecule has 0 radical (unpaired) electrons. The summed E-state index contributed by atoms with van der Waals surface area (Å²) in [6, 6.07) is 3.34. The molecule has 32 heavy (non-hydrogen) atoms. The topological polar surface area (TPSA) is 63.9 Å². The van der Waals surface area contributed by atoms with Crippen LogP contribution in [0.1, 0.15) is 42.5 Å². The standard InChI is InChI=1S/C22H23ClF3N5O/c1-6-7-16(22(24,25)26)19(23)14(4)21(32)30-9-8-17-20(15(30)5)28-29-31(17)18-11-12(2)10-13(3)27-18/h6-7,10-11,15H,1,8-9H2,2-5H3/b16-7+,19-14-. The Hall–Kier alpha value is -2.94. The van der Waals surface area contributed by atoms with Gasteiger partial charge in [0.1, 0.15) is 5.69 Å². The number of hydrogen-bond donors (Lipinski definition) is 0. The smallest absolute Gasteiger partial charge is 0.330 e. The first-order valence-electron chi connectivity index (χ1n) is 9.93. The van der Waals surface area contributed by atoms with E-state index in [-0.39, 0.29) is 12.1 Å². The van der Waals surface area contributed by atoms with E-state index in [0.717, 1.165) is 29.1 Å². The van der Waals surface area contributed by atoms with E-state index in [2.05, 4.69) is 21.9 Å². The molecule has 6 nitrogen and oxygen atoms in total. The Morgan fingerprint density at radius 1 is 1.31 bits per heavy atom. The predicted octanol–water partition coefficient (Wildman–Crippen LogP) is 4.91. The first-order chi connectivity index (χ1) is 15.0. The number of nitrogens with zero attached hydrogens (tertiary/aromatic N) is 5. The van der Waals surface area contributed by atoms with Gasteiger partial charge in [0, 0.05) is 24.2 Å². The van der Waals surface area contributed by atoms with Crippen molar-refractivity contribution in [3.8, 4) is 5.82 Å². The van der Waals surface area contributed by atoms with Gasteiger partial charge in [0.05, 0.1) is 22.3 Å². The average molecular weight is 466 g/mol. The van der Waals surface area contributed by atoms with E-state index < -0.39 is 28.7 Å². The van der Waals surface area contributed by atoms with Gasteiger partial charge in [-0.25, -0.2) is 4.98 Å². The third kappa shape index (κ3) is 4.48. The van der Waals surface area contributed by atoms with Crippen molar-refractivity contribution in [3.05, 3.63) is 69.7 Å². The first kappa shape index (κ1) is 23.7. The van der Waals surface area contributed by atoms with Crippen LogP contribution in [0.25, 0.3) is 5.82 Å². The van der Waals surface area contributed by atoms with Gasteiger partial charge >= 0.3 is 6.18 Å². The van der Waals surface area contributed by atoms with Crippen molar-refractivity contribution in [2.45, 2.75) is 46.3 Å². The maximum Gasteiger partial charge on any atom is 0.417 e. The van der Waals surface area contributed by atoms with Gasteiger partial charge < -0.3 is 4.90 Å². The molecule has 1 aliphatic rings. The van der Waals surface area contributed by atoms with Crippen LogP contribution in [0.2, 0.25) is 0 Å². The predicted molar refractivity (Wildman–Crippen MR) is 115 cm³/mol. The molecule has 3 rings (SSSR count). The molecule has 2 aromatic rings. The highest BCUT2D eigenvalue weighted by molar-refractivity contribution is 6.34. The van der Waals surface area contributed by atoms with Crippen molar-refractivity contribution in [2.24, 2.45) is 0 Å². The number of carbonyl (C=O) groups is 1. The molecule has 1 amide bonds. The van der Waals surface area contributed by atoms with Crippen LogP contribution in [0.4, 0.5) is 13.2 Å². The number of aryl methyl sites for hydroxylation is 2. The van der Waals surface area contributed by atoms with E-state index in [4.69, 9.17) is 11.6 Å². The zero-order valence-corrected chi connectivity index (χ0v) is 18.9. The Labute approximate surface area is 189 Å². The maximum absolute atomic E-state index is 13.3. The molecule has 0 spiro atoms. The first-order valence-corrected chi connectivity index (χ1v) is 10.3. The number of carbonyl (C=O) groups excluding carboxylic acids is 1. The molecule has 0 fully saturated rings. The fourth-order valence-electron chi connectivity index (χ4n) is 3.75. The molecule has 3 heterocycles. The van der Waals surface area contributed by atoms with Crippen molar-refractivity contribution < 1.29 is 18.0 Å². The molecule has 0 saturated heterocycles. The summed E-state index contributed by atoms with van der Waals surface area (Å²) in [5.74, 6) is 0.0400. The average Bonchev–Trinajstić information content (AvgIpc) is 3.14. The number of halogens is 4. The van der Waals surface area contributed by atoms with E-state index in [1.165, 1.54) is 11.8 Å². The molecule has 1 aliphatic heterocycles. The van der Waals surface area contributed by atoms with Crippen molar-refractivity contribution in [1.82, 2.24) is 24.9 Å². The van der Waals surface area contributed by atoms with Gasteiger partial charge in [0.2, 0.25) is 0 Å². The van der Waals surface area contributed by atoms with Crippen molar-refractivity contribution in [1.29, 1.82) is 0 Å². The second-order valence-corrected chi connectivity index (χ2v) is 8.03. The third-order valence-electron chi connectivity index (χ3n) is 5.28. The minimum Gasteiger partial charge on any atom is -0.330 e. The van der Waals surface area contributed by atoms with Crippen LogP contribution in [0, 0.1) is 13.8 Å². The molecule has 10 heteroatoms. The summed E-state index contributed by atoms with van der Waals surface area (Å²) in [6.45, 7) is 10.5. The van der Waals surface area contributed by atoms with Crippen LogP contribution in [-0.4, -0.2) is 43.5 Å². The Balaban J connectivity index is 1.94. The lowest BCUT2D eigenvalue weighted by Gasteiger charge is -2.33. The van der Waals surface area contributed by atoms with E-state index in [1.807, 2.05) is 26.0 Å². The van der Waals surface area contributed by atoms with Crippen molar-refractivity contribution >= 4 is 17.5 Å². The monoisotopic (exact) mass is 465 g/mol. The normalized spacial score (nSPS) is 17.7. The summed E-state index contributed by atoms with van der Waals surface area (Å²) in [4.78, 5) is 19.0. The van der Waals surface area contributed by atoms with Crippen LogP contribution in [0.5, 0.6) is 0 Å². The Morgan fingerprint density at radius 3 is 2.59 bits per heavy atom. The van der Waals surface area contributed by atoms with E-state index in [9.17, 15) is 18.0 Å². The maximum atomic E-state index is 13.3. The molecule has 1 unspecified atom stereocenters. The van der Waals surface area contributed by atoms with E-state index in [1.54, 1.807) is 11.6 Å². The Bertz CT molecular complexity index is 1110. The summed E-state index contributed by atoms with van der Waals surface area (Å²) >= 11 is 5.99. The van der Waals surface area contributed by atoms with Gasteiger partial charge in [0.25, 0.3) is 5.91 Å². The lowest BCUT2D eigenvalue weighted by atomic mass is 10.0. The van der Waals surface area contributed by atoms with Gasteiger partial charge in [-0.1, -0.05) is 29.5 Å². The Kier molecular flexibility index (Phi) is 6.59. The van der Waals surface area contributed by atoms with Gasteiger partial charge in [-0.05, 0) is 51.5 Å². The summed E-state index contributed by atoms with van der Waals surface area (Å²) in [6.07, 6.45) is -2.56. The molecular formula is C22H23ClF3N5O. The largest absolute Gasteiger partial charge is 0.417 e. The minimum atomic E-state index is -4.71. The molecule has 170 valence electrons. The van der Waals surface area contributed by atoms with E-state index in [0.29, 0.717) is 17.9 Å². The van der Waals surface area contributed by atoms with E-state index >= 15 is 0 Å². The highest BCUT2D eigenvalue weighted by atomic mass is 35.5. The van der Waals surface area contributed by atoms with Gasteiger partial charge in [0.15, 0.2) is 5.82 Å². The number of amides is 1. The lowest BCUT2D eigenvalue weighted by molar-refractivity contribution is -0.129. The van der Waals surface area contributed by atoms with Gasteiger partial charge in [-0.2, -0.15) is 17.9 Å². The van der Waals surface area contributed by atoms with Gasteiger partial charge in [-0.3, -0.25) is 4.79 Å². The van der Waals surface area contributed by atoms with Crippen LogP contribution < -0.4 is 0 Å². The van der Waals surface area contributed by atoms with Crippen LogP contribution >= 0.6 is 11.6 Å². The number of alkyl halides is 3. The van der Waals surface area contributed by atoms with Crippen molar-refractivity contribution in [3.63, 3.8) is 0 Å². The van der Waals surface area contributed by atoms with Crippen LogP contribution in [0.15, 0.2) is 47.0 Å². The second-order valence-electron chi connectivity index (χ2n) is 7.65. The summed E-state index contributed by atoms with van der Waals surface area (Å²) in [5, 5.41) is 7.81. The van der Waals surface area contributed by atoms with Crippen molar-refractivity contribution in [2.75, 3.05) is 6.54 Å². The zero-order chi connectivity index (χ0) is 23.8. The molecule has 2 aromatic heterocycles. The number of allylic oxidation sites excluding steroid dienone is 4. The zero-order valence-electron chi connectivity index (χ0n) is 18.2. The van der Waals surface area contributed by atoms with Gasteiger partial charge in [-0.15, -0.1) is 5.10 Å². The summed E-state index contributed by atoms with van der Waals surface area (Å²) in [7, 11) is 0. The summed E-state index contributed by atoms with van der Waals surface area (Å²) in [5.41, 5.74) is 1.95. The quantitative estimate of drug-likeness (QED) is 0.475. The molecular weight excluding hydrogens is 443 g/mol. The van der Waals surface area contributed by atoms with Crippen LogP contribution in [-0.2, 0) is 11.2 Å². The molecule has 1 atom stereocenters. The number of aromatic nitrogens is 4. The molecule has 0 bridgehead atoms. The number of rotatable bonds is 4. The second kappa shape index (κ2) is 8.90. The lowest BCUT2D eigenvalue weighted by Crippen LogP contribution is -2.40. The minimum absolute atomic E-state index is 0.198. The third-order valence-corrected chi connectivity index (χ3v) is 5.77. The molecule has 0 saturated carbocycles. The molecule has 0 N–H and O–H groups in total. The number of fused-ring (bicyclic) bond motifs is 1. The SMILES string of the molecule is C=C/C=C(\C(Cl)=C(/C)C(=O)N1CCc2c(nnn2-c2cc(C)cc(C)n2)C1C)C(F)(F)F.